The lowest BCUT2D eigenvalue weighted by atomic mass is 10.2. The van der Waals surface area contributed by atoms with Crippen molar-refractivity contribution < 1.29 is 9.90 Å². The van der Waals surface area contributed by atoms with E-state index < -0.39 is 11.5 Å². The van der Waals surface area contributed by atoms with Crippen LogP contribution in [0.2, 0.25) is 0 Å². The van der Waals surface area contributed by atoms with Crippen molar-refractivity contribution in [2.75, 3.05) is 5.73 Å². The van der Waals surface area contributed by atoms with Gasteiger partial charge in [0.15, 0.2) is 0 Å². The molecule has 1 rings (SSSR count). The van der Waals surface area contributed by atoms with Gasteiger partial charge in [0, 0.05) is 18.4 Å². The number of carboxylic acids is 1. The summed E-state index contributed by atoms with van der Waals surface area (Å²) in [6, 6.07) is 1.16. The van der Waals surface area contributed by atoms with E-state index in [0.717, 1.165) is 6.07 Å². The standard InChI is InChI=1S/C8H10N2O3/c1-2-10-4-5(9)3-6(7(10)11)8(12)13/h3-4H,2,9H2,1H3,(H,12,13). The highest BCUT2D eigenvalue weighted by Crippen LogP contribution is 2.01. The molecule has 1 heterocycles. The van der Waals surface area contributed by atoms with Crippen LogP contribution in [-0.2, 0) is 6.54 Å². The van der Waals surface area contributed by atoms with Gasteiger partial charge in [0.05, 0.1) is 0 Å². The van der Waals surface area contributed by atoms with E-state index in [-0.39, 0.29) is 11.3 Å². The summed E-state index contributed by atoms with van der Waals surface area (Å²) in [6.45, 7) is 2.15. The molecule has 0 bridgehead atoms. The summed E-state index contributed by atoms with van der Waals surface area (Å²) in [4.78, 5) is 21.9. The molecule has 0 aliphatic carbocycles. The molecule has 0 fully saturated rings. The Bertz CT molecular complexity index is 395. The van der Waals surface area contributed by atoms with Crippen LogP contribution in [0.15, 0.2) is 17.1 Å². The fourth-order valence-corrected chi connectivity index (χ4v) is 1.05. The summed E-state index contributed by atoms with van der Waals surface area (Å²) in [5.41, 5.74) is 4.88. The van der Waals surface area contributed by atoms with Crippen LogP contribution in [0.25, 0.3) is 0 Å². The van der Waals surface area contributed by atoms with Crippen molar-refractivity contribution in [1.82, 2.24) is 4.57 Å². The van der Waals surface area contributed by atoms with Crippen molar-refractivity contribution in [1.29, 1.82) is 0 Å². The Labute approximate surface area is 74.4 Å². The maximum absolute atomic E-state index is 11.3. The first-order chi connectivity index (χ1) is 6.06. The minimum absolute atomic E-state index is 0.277. The number of rotatable bonds is 2. The Hall–Kier alpha value is -1.78. The minimum atomic E-state index is -1.25. The summed E-state index contributed by atoms with van der Waals surface area (Å²) in [6.07, 6.45) is 1.43. The molecular weight excluding hydrogens is 172 g/mol. The minimum Gasteiger partial charge on any atom is -0.477 e. The number of nitrogens with zero attached hydrogens (tertiary/aromatic N) is 1. The second-order valence-corrected chi connectivity index (χ2v) is 2.58. The lowest BCUT2D eigenvalue weighted by molar-refractivity contribution is 0.0694. The van der Waals surface area contributed by atoms with Gasteiger partial charge in [-0.1, -0.05) is 0 Å². The molecule has 1 aromatic heterocycles. The Morgan fingerprint density at radius 3 is 2.77 bits per heavy atom. The van der Waals surface area contributed by atoms with Crippen molar-refractivity contribution >= 4 is 11.7 Å². The number of carbonyl (C=O) groups is 1. The molecule has 0 aromatic carbocycles. The van der Waals surface area contributed by atoms with Crippen LogP contribution < -0.4 is 11.3 Å². The highest BCUT2D eigenvalue weighted by Gasteiger charge is 2.10. The highest BCUT2D eigenvalue weighted by atomic mass is 16.4. The SMILES string of the molecule is CCn1cc(N)cc(C(=O)O)c1=O. The smallest absolute Gasteiger partial charge is 0.341 e. The van der Waals surface area contributed by atoms with Gasteiger partial charge in [0.25, 0.3) is 5.56 Å². The molecule has 0 aliphatic rings. The summed E-state index contributed by atoms with van der Waals surface area (Å²) in [5.74, 6) is -1.25. The molecule has 0 amide bonds. The van der Waals surface area contributed by atoms with Gasteiger partial charge in [-0.05, 0) is 13.0 Å². The summed E-state index contributed by atoms with van der Waals surface area (Å²) in [7, 11) is 0. The molecule has 0 spiro atoms. The van der Waals surface area contributed by atoms with Gasteiger partial charge in [-0.3, -0.25) is 4.79 Å². The summed E-state index contributed by atoms with van der Waals surface area (Å²) >= 11 is 0. The van der Waals surface area contributed by atoms with E-state index in [9.17, 15) is 9.59 Å². The number of aromatic nitrogens is 1. The molecule has 5 heteroatoms. The van der Waals surface area contributed by atoms with Gasteiger partial charge in [-0.15, -0.1) is 0 Å². The summed E-state index contributed by atoms with van der Waals surface area (Å²) in [5, 5.41) is 8.64. The van der Waals surface area contributed by atoms with Gasteiger partial charge in [-0.25, -0.2) is 4.79 Å². The molecule has 3 N–H and O–H groups in total. The normalized spacial score (nSPS) is 9.92. The third kappa shape index (κ3) is 1.69. The molecular formula is C8H10N2O3. The molecule has 0 saturated carbocycles. The van der Waals surface area contributed by atoms with Crippen LogP contribution in [-0.4, -0.2) is 15.6 Å². The molecule has 70 valence electrons. The van der Waals surface area contributed by atoms with Gasteiger partial charge in [0.1, 0.15) is 5.56 Å². The average molecular weight is 182 g/mol. The van der Waals surface area contributed by atoms with E-state index in [0.29, 0.717) is 6.54 Å². The van der Waals surface area contributed by atoms with Crippen LogP contribution in [0.5, 0.6) is 0 Å². The Kier molecular flexibility index (Phi) is 2.36. The van der Waals surface area contributed by atoms with Crippen LogP contribution in [0.4, 0.5) is 5.69 Å². The van der Waals surface area contributed by atoms with Crippen LogP contribution in [0, 0.1) is 0 Å². The molecule has 0 aliphatic heterocycles. The van der Waals surface area contributed by atoms with E-state index in [2.05, 4.69) is 0 Å². The monoisotopic (exact) mass is 182 g/mol. The lowest BCUT2D eigenvalue weighted by Crippen LogP contribution is -2.25. The predicted molar refractivity (Wildman–Crippen MR) is 47.7 cm³/mol. The number of hydrogen-bond donors (Lipinski definition) is 2. The molecule has 0 atom stereocenters. The van der Waals surface area contributed by atoms with Crippen molar-refractivity contribution in [3.8, 4) is 0 Å². The Balaban J connectivity index is 3.45. The lowest BCUT2D eigenvalue weighted by Gasteiger charge is -2.04. The first-order valence-electron chi connectivity index (χ1n) is 3.79. The van der Waals surface area contributed by atoms with Crippen LogP contribution >= 0.6 is 0 Å². The number of nitrogen functional groups attached to an aromatic ring is 1. The van der Waals surface area contributed by atoms with Crippen molar-refractivity contribution in [2.24, 2.45) is 0 Å². The highest BCUT2D eigenvalue weighted by molar-refractivity contribution is 5.88. The molecule has 1 aromatic rings. The number of nitrogens with two attached hydrogens (primary N) is 1. The second kappa shape index (κ2) is 3.30. The number of pyridine rings is 1. The van der Waals surface area contributed by atoms with E-state index in [4.69, 9.17) is 10.8 Å². The van der Waals surface area contributed by atoms with Crippen molar-refractivity contribution in [2.45, 2.75) is 13.5 Å². The van der Waals surface area contributed by atoms with Gasteiger partial charge in [0.2, 0.25) is 0 Å². The zero-order valence-corrected chi connectivity index (χ0v) is 7.15. The summed E-state index contributed by atoms with van der Waals surface area (Å²) < 4.78 is 1.26. The van der Waals surface area contributed by atoms with E-state index in [1.807, 2.05) is 0 Å². The number of anilines is 1. The Morgan fingerprint density at radius 1 is 1.69 bits per heavy atom. The fraction of sp³-hybridized carbons (Fsp3) is 0.250. The number of aromatic carboxylic acids is 1. The van der Waals surface area contributed by atoms with Gasteiger partial charge in [-0.2, -0.15) is 0 Å². The maximum Gasteiger partial charge on any atom is 0.341 e. The zero-order chi connectivity index (χ0) is 10.0. The Morgan fingerprint density at radius 2 is 2.31 bits per heavy atom. The number of aryl methyl sites for hydroxylation is 1. The maximum atomic E-state index is 11.3. The van der Waals surface area contributed by atoms with E-state index in [1.165, 1.54) is 10.8 Å². The van der Waals surface area contributed by atoms with Crippen LogP contribution in [0.1, 0.15) is 17.3 Å². The van der Waals surface area contributed by atoms with E-state index >= 15 is 0 Å². The third-order valence-electron chi connectivity index (χ3n) is 1.68. The largest absolute Gasteiger partial charge is 0.477 e. The zero-order valence-electron chi connectivity index (χ0n) is 7.15. The molecule has 0 saturated heterocycles. The quantitative estimate of drug-likeness (QED) is 0.681. The van der Waals surface area contributed by atoms with Crippen molar-refractivity contribution in [3.63, 3.8) is 0 Å². The fourth-order valence-electron chi connectivity index (χ4n) is 1.05. The predicted octanol–water partition coefficient (Wildman–Crippen LogP) is 0.149. The third-order valence-corrected chi connectivity index (χ3v) is 1.68. The van der Waals surface area contributed by atoms with Crippen LogP contribution in [0.3, 0.4) is 0 Å². The molecule has 5 nitrogen and oxygen atoms in total. The van der Waals surface area contributed by atoms with Crippen molar-refractivity contribution in [3.05, 3.63) is 28.2 Å². The van der Waals surface area contributed by atoms with E-state index in [1.54, 1.807) is 6.92 Å². The molecule has 0 radical (unpaired) electrons. The van der Waals surface area contributed by atoms with Gasteiger partial charge >= 0.3 is 5.97 Å². The van der Waals surface area contributed by atoms with Gasteiger partial charge < -0.3 is 15.4 Å². The number of hydrogen-bond acceptors (Lipinski definition) is 3. The molecule has 13 heavy (non-hydrogen) atoms. The second-order valence-electron chi connectivity index (χ2n) is 2.58. The molecule has 0 unspecified atom stereocenters. The number of carboxylic acid groups (broad SMARTS) is 1. The topological polar surface area (TPSA) is 85.3 Å². The average Bonchev–Trinajstić information content (AvgIpc) is 2.08. The first-order valence-corrected chi connectivity index (χ1v) is 3.79. The first kappa shape index (κ1) is 9.31.